The molecule has 1 atom stereocenters. The molecule has 0 N–H and O–H groups in total. The van der Waals surface area contributed by atoms with Crippen LogP contribution in [0.4, 0.5) is 5.69 Å². The summed E-state index contributed by atoms with van der Waals surface area (Å²) in [4.78, 5) is 27.3. The zero-order valence-corrected chi connectivity index (χ0v) is 21.4. The van der Waals surface area contributed by atoms with E-state index in [1.54, 1.807) is 50.2 Å². The molecular weight excluding hydrogens is 583 g/mol. The summed E-state index contributed by atoms with van der Waals surface area (Å²) in [6.45, 7) is 5.41. The highest BCUT2D eigenvalue weighted by atomic mass is 127. The number of sulfonamides is 1. The van der Waals surface area contributed by atoms with Crippen molar-refractivity contribution in [2.45, 2.75) is 50.1 Å². The Labute approximate surface area is 199 Å². The van der Waals surface area contributed by atoms with Crippen molar-refractivity contribution in [1.82, 2.24) is 4.31 Å². The molecule has 6 nitrogen and oxygen atoms in total. The SMILES string of the molecule is CCC(C)(C)N(C1CC(=O)N(c2ccc(I)cc2)C1=O)S(=O)(=O)c1ccc(Br)cc1. The van der Waals surface area contributed by atoms with Gasteiger partial charge in [-0.2, -0.15) is 4.31 Å². The molecule has 2 aromatic carbocycles. The van der Waals surface area contributed by atoms with Crippen LogP contribution in [0.3, 0.4) is 0 Å². The Hall–Kier alpha value is -1.30. The second kappa shape index (κ2) is 8.68. The van der Waals surface area contributed by atoms with Crippen LogP contribution in [-0.4, -0.2) is 36.1 Å². The fourth-order valence-electron chi connectivity index (χ4n) is 3.45. The Kier molecular flexibility index (Phi) is 6.76. The van der Waals surface area contributed by atoms with Crippen LogP contribution < -0.4 is 4.90 Å². The first-order valence-corrected chi connectivity index (χ1v) is 12.7. The van der Waals surface area contributed by atoms with Crippen LogP contribution in [0, 0.1) is 3.57 Å². The van der Waals surface area contributed by atoms with Gasteiger partial charge >= 0.3 is 0 Å². The van der Waals surface area contributed by atoms with E-state index in [0.717, 1.165) is 12.9 Å². The van der Waals surface area contributed by atoms with E-state index >= 15 is 0 Å². The number of carbonyl (C=O) groups is 2. The summed E-state index contributed by atoms with van der Waals surface area (Å²) in [5.74, 6) is -0.933. The summed E-state index contributed by atoms with van der Waals surface area (Å²) in [5, 5.41) is 0. The quantitative estimate of drug-likeness (QED) is 0.358. The number of imide groups is 1. The van der Waals surface area contributed by atoms with Gasteiger partial charge in [-0.05, 0) is 91.4 Å². The lowest BCUT2D eigenvalue weighted by molar-refractivity contribution is -0.122. The van der Waals surface area contributed by atoms with Crippen LogP contribution in [0.25, 0.3) is 0 Å². The minimum atomic E-state index is -4.03. The second-order valence-electron chi connectivity index (χ2n) is 7.68. The van der Waals surface area contributed by atoms with Crippen LogP contribution in [0.2, 0.25) is 0 Å². The molecule has 30 heavy (non-hydrogen) atoms. The molecule has 0 saturated carbocycles. The highest BCUT2D eigenvalue weighted by molar-refractivity contribution is 14.1. The van der Waals surface area contributed by atoms with E-state index in [2.05, 4.69) is 38.5 Å². The lowest BCUT2D eigenvalue weighted by Gasteiger charge is -2.39. The topological polar surface area (TPSA) is 74.8 Å². The normalized spacial score (nSPS) is 17.8. The molecule has 3 rings (SSSR count). The standard InChI is InChI=1S/C21H22BrIN2O4S/c1-4-21(2,3)25(30(28,29)17-11-5-14(22)6-12-17)18-13-19(26)24(20(18)27)16-9-7-15(23)8-10-16/h5-12,18H,4,13H2,1-3H3. The van der Waals surface area contributed by atoms with E-state index in [0.29, 0.717) is 12.1 Å². The summed E-state index contributed by atoms with van der Waals surface area (Å²) in [6.07, 6.45) is 0.286. The molecular formula is C21H22BrIN2O4S. The summed E-state index contributed by atoms with van der Waals surface area (Å²) < 4.78 is 30.1. The fourth-order valence-corrected chi connectivity index (χ4v) is 6.06. The number of hydrogen-bond donors (Lipinski definition) is 0. The van der Waals surface area contributed by atoms with Gasteiger partial charge in [0.25, 0.3) is 5.91 Å². The highest BCUT2D eigenvalue weighted by Crippen LogP contribution is 2.36. The minimum absolute atomic E-state index is 0.0835. The molecule has 0 spiro atoms. The molecule has 2 amide bonds. The van der Waals surface area contributed by atoms with Gasteiger partial charge in [0.2, 0.25) is 15.9 Å². The van der Waals surface area contributed by atoms with Gasteiger partial charge in [0.1, 0.15) is 6.04 Å². The van der Waals surface area contributed by atoms with Crippen molar-refractivity contribution in [3.63, 3.8) is 0 Å². The molecule has 1 aliphatic heterocycles. The molecule has 0 aliphatic carbocycles. The van der Waals surface area contributed by atoms with Crippen LogP contribution in [-0.2, 0) is 19.6 Å². The first-order valence-electron chi connectivity index (χ1n) is 9.41. The first kappa shape index (κ1) is 23.4. The van der Waals surface area contributed by atoms with E-state index in [1.165, 1.54) is 16.4 Å². The summed E-state index contributed by atoms with van der Waals surface area (Å²) in [7, 11) is -4.03. The van der Waals surface area contributed by atoms with Crippen molar-refractivity contribution in [2.24, 2.45) is 0 Å². The number of benzene rings is 2. The first-order chi connectivity index (χ1) is 14.0. The average molecular weight is 605 g/mol. The van der Waals surface area contributed by atoms with Crippen LogP contribution >= 0.6 is 38.5 Å². The maximum atomic E-state index is 13.6. The highest BCUT2D eigenvalue weighted by Gasteiger charge is 2.51. The Morgan fingerprint density at radius 3 is 2.20 bits per heavy atom. The Morgan fingerprint density at radius 2 is 1.67 bits per heavy atom. The number of anilines is 1. The Balaban J connectivity index is 2.07. The predicted molar refractivity (Wildman–Crippen MR) is 128 cm³/mol. The molecule has 1 aliphatic rings. The van der Waals surface area contributed by atoms with Gasteiger partial charge in [-0.25, -0.2) is 13.3 Å². The Morgan fingerprint density at radius 1 is 1.10 bits per heavy atom. The summed E-state index contributed by atoms with van der Waals surface area (Å²) in [5.41, 5.74) is -0.419. The van der Waals surface area contributed by atoms with Crippen molar-refractivity contribution in [1.29, 1.82) is 0 Å². The molecule has 9 heteroatoms. The van der Waals surface area contributed by atoms with E-state index in [4.69, 9.17) is 0 Å². The van der Waals surface area contributed by atoms with Gasteiger partial charge in [-0.1, -0.05) is 22.9 Å². The average Bonchev–Trinajstić information content (AvgIpc) is 2.96. The lowest BCUT2D eigenvalue weighted by Crippen LogP contribution is -2.55. The van der Waals surface area contributed by atoms with Gasteiger partial charge in [-0.15, -0.1) is 0 Å². The smallest absolute Gasteiger partial charge is 0.252 e. The third-order valence-electron chi connectivity index (χ3n) is 5.32. The number of rotatable bonds is 6. The Bertz CT molecular complexity index is 1070. The molecule has 0 aromatic heterocycles. The molecule has 160 valence electrons. The second-order valence-corrected chi connectivity index (χ2v) is 11.7. The zero-order chi connectivity index (χ0) is 22.3. The predicted octanol–water partition coefficient (Wildman–Crippen LogP) is 4.57. The fraction of sp³-hybridized carbons (Fsp3) is 0.333. The van der Waals surface area contributed by atoms with Gasteiger partial charge < -0.3 is 0 Å². The third-order valence-corrected chi connectivity index (χ3v) is 8.71. The molecule has 1 fully saturated rings. The third kappa shape index (κ3) is 4.35. The van der Waals surface area contributed by atoms with Crippen LogP contribution in [0.1, 0.15) is 33.6 Å². The number of halogens is 2. The van der Waals surface area contributed by atoms with Crippen LogP contribution in [0.15, 0.2) is 57.9 Å². The van der Waals surface area contributed by atoms with Crippen molar-refractivity contribution < 1.29 is 18.0 Å². The molecule has 2 aromatic rings. The molecule has 1 saturated heterocycles. The number of amides is 2. The largest absolute Gasteiger partial charge is 0.274 e. The van der Waals surface area contributed by atoms with Crippen molar-refractivity contribution in [3.05, 3.63) is 56.6 Å². The molecule has 1 unspecified atom stereocenters. The van der Waals surface area contributed by atoms with E-state index in [1.807, 2.05) is 6.92 Å². The van der Waals surface area contributed by atoms with Crippen LogP contribution in [0.5, 0.6) is 0 Å². The van der Waals surface area contributed by atoms with Crippen molar-refractivity contribution in [3.8, 4) is 0 Å². The van der Waals surface area contributed by atoms with Gasteiger partial charge in [0, 0.05) is 13.6 Å². The van der Waals surface area contributed by atoms with E-state index in [9.17, 15) is 18.0 Å². The van der Waals surface area contributed by atoms with Crippen molar-refractivity contribution >= 4 is 66.0 Å². The summed E-state index contributed by atoms with van der Waals surface area (Å²) in [6, 6.07) is 12.2. The molecule has 0 bridgehead atoms. The van der Waals surface area contributed by atoms with Gasteiger partial charge in [0.05, 0.1) is 17.0 Å². The van der Waals surface area contributed by atoms with E-state index in [-0.39, 0.29) is 11.3 Å². The molecule has 1 heterocycles. The zero-order valence-electron chi connectivity index (χ0n) is 16.8. The number of nitrogens with zero attached hydrogens (tertiary/aromatic N) is 2. The number of hydrogen-bond acceptors (Lipinski definition) is 4. The van der Waals surface area contributed by atoms with Crippen molar-refractivity contribution in [2.75, 3.05) is 4.90 Å². The maximum Gasteiger partial charge on any atom is 0.252 e. The maximum absolute atomic E-state index is 13.6. The molecule has 0 radical (unpaired) electrons. The van der Waals surface area contributed by atoms with Gasteiger partial charge in [0.15, 0.2) is 0 Å². The summed E-state index contributed by atoms with van der Waals surface area (Å²) >= 11 is 5.45. The monoisotopic (exact) mass is 604 g/mol. The minimum Gasteiger partial charge on any atom is -0.274 e. The lowest BCUT2D eigenvalue weighted by atomic mass is 10.00. The number of carbonyl (C=O) groups excluding carboxylic acids is 2. The van der Waals surface area contributed by atoms with E-state index < -0.39 is 33.4 Å². The van der Waals surface area contributed by atoms with Gasteiger partial charge in [-0.3, -0.25) is 9.59 Å².